The highest BCUT2D eigenvalue weighted by molar-refractivity contribution is 5.42. The first kappa shape index (κ1) is 18.7. The predicted octanol–water partition coefficient (Wildman–Crippen LogP) is 2.31. The van der Waals surface area contributed by atoms with Crippen molar-refractivity contribution in [3.8, 4) is 11.5 Å². The van der Waals surface area contributed by atoms with Crippen molar-refractivity contribution in [2.45, 2.75) is 32.4 Å². The van der Waals surface area contributed by atoms with E-state index in [4.69, 9.17) is 14.2 Å². The third kappa shape index (κ3) is 6.22. The van der Waals surface area contributed by atoms with Crippen LogP contribution in [0.2, 0.25) is 0 Å². The first-order valence-corrected chi connectivity index (χ1v) is 7.74. The standard InChI is InChI=1S/C17H29NO4/c1-5-6-15(19)13-18(9-10-20-2)12-14-7-8-16(21-3)17(11-14)22-4/h7-8,11,15,19H,5-6,9-10,12-13H2,1-4H3/t15-/m0/s1. The van der Waals surface area contributed by atoms with Crippen LogP contribution in [0.4, 0.5) is 0 Å². The molecular formula is C17H29NO4. The monoisotopic (exact) mass is 311 g/mol. The van der Waals surface area contributed by atoms with Gasteiger partial charge in [-0.25, -0.2) is 0 Å². The van der Waals surface area contributed by atoms with Crippen LogP contribution in [0.3, 0.4) is 0 Å². The van der Waals surface area contributed by atoms with Crippen molar-refractivity contribution in [2.75, 3.05) is 41.0 Å². The number of rotatable bonds is 11. The second kappa shape index (κ2) is 10.4. The van der Waals surface area contributed by atoms with Gasteiger partial charge in [0.05, 0.1) is 26.9 Å². The molecule has 126 valence electrons. The normalized spacial score (nSPS) is 12.5. The summed E-state index contributed by atoms with van der Waals surface area (Å²) in [5, 5.41) is 10.1. The molecule has 1 atom stereocenters. The van der Waals surface area contributed by atoms with Gasteiger partial charge in [0.25, 0.3) is 0 Å². The Bertz CT molecular complexity index is 425. The van der Waals surface area contributed by atoms with Gasteiger partial charge in [-0.05, 0) is 24.1 Å². The van der Waals surface area contributed by atoms with E-state index in [9.17, 15) is 5.11 Å². The Balaban J connectivity index is 2.75. The molecule has 0 amide bonds. The number of benzene rings is 1. The maximum absolute atomic E-state index is 10.1. The van der Waals surface area contributed by atoms with Crippen molar-refractivity contribution >= 4 is 0 Å². The topological polar surface area (TPSA) is 51.2 Å². The summed E-state index contributed by atoms with van der Waals surface area (Å²) >= 11 is 0. The largest absolute Gasteiger partial charge is 0.493 e. The molecule has 5 heteroatoms. The first-order valence-electron chi connectivity index (χ1n) is 7.74. The van der Waals surface area contributed by atoms with Crippen molar-refractivity contribution in [2.24, 2.45) is 0 Å². The molecule has 1 aromatic carbocycles. The molecule has 1 N–H and O–H groups in total. The fraction of sp³-hybridized carbons (Fsp3) is 0.647. The van der Waals surface area contributed by atoms with Crippen molar-refractivity contribution in [1.82, 2.24) is 4.90 Å². The number of ether oxygens (including phenoxy) is 3. The van der Waals surface area contributed by atoms with E-state index in [2.05, 4.69) is 11.8 Å². The number of hydrogen-bond donors (Lipinski definition) is 1. The molecule has 0 aliphatic rings. The molecule has 0 heterocycles. The van der Waals surface area contributed by atoms with Crippen LogP contribution in [-0.2, 0) is 11.3 Å². The number of nitrogens with zero attached hydrogens (tertiary/aromatic N) is 1. The summed E-state index contributed by atoms with van der Waals surface area (Å²) in [4.78, 5) is 2.20. The summed E-state index contributed by atoms with van der Waals surface area (Å²) in [6, 6.07) is 5.91. The van der Waals surface area contributed by atoms with Gasteiger partial charge in [-0.2, -0.15) is 0 Å². The summed E-state index contributed by atoms with van der Waals surface area (Å²) < 4.78 is 15.8. The molecule has 0 unspecified atom stereocenters. The summed E-state index contributed by atoms with van der Waals surface area (Å²) in [6.07, 6.45) is 1.49. The van der Waals surface area contributed by atoms with Gasteiger partial charge in [0.1, 0.15) is 0 Å². The summed E-state index contributed by atoms with van der Waals surface area (Å²) in [5.74, 6) is 1.45. The van der Waals surface area contributed by atoms with Gasteiger partial charge in [0.15, 0.2) is 11.5 Å². The van der Waals surface area contributed by atoms with Crippen LogP contribution in [0.15, 0.2) is 18.2 Å². The van der Waals surface area contributed by atoms with E-state index in [1.54, 1.807) is 21.3 Å². The zero-order valence-electron chi connectivity index (χ0n) is 14.2. The average molecular weight is 311 g/mol. The third-order valence-corrected chi connectivity index (χ3v) is 3.56. The molecule has 22 heavy (non-hydrogen) atoms. The van der Waals surface area contributed by atoms with Crippen LogP contribution in [-0.4, -0.2) is 57.1 Å². The van der Waals surface area contributed by atoms with E-state index < -0.39 is 0 Å². The summed E-state index contributed by atoms with van der Waals surface area (Å²) in [5.41, 5.74) is 1.12. The molecule has 0 aromatic heterocycles. The van der Waals surface area contributed by atoms with Crippen LogP contribution in [0.1, 0.15) is 25.3 Å². The Morgan fingerprint density at radius 1 is 1.14 bits per heavy atom. The lowest BCUT2D eigenvalue weighted by Gasteiger charge is -2.25. The number of aliphatic hydroxyl groups excluding tert-OH is 1. The van der Waals surface area contributed by atoms with Gasteiger partial charge in [-0.15, -0.1) is 0 Å². The minimum atomic E-state index is -0.304. The van der Waals surface area contributed by atoms with Crippen LogP contribution in [0.5, 0.6) is 11.5 Å². The van der Waals surface area contributed by atoms with Crippen LogP contribution < -0.4 is 9.47 Å². The van der Waals surface area contributed by atoms with Crippen LogP contribution in [0, 0.1) is 0 Å². The zero-order chi connectivity index (χ0) is 16.4. The lowest BCUT2D eigenvalue weighted by molar-refractivity contribution is 0.0799. The van der Waals surface area contributed by atoms with E-state index in [0.29, 0.717) is 13.2 Å². The Morgan fingerprint density at radius 3 is 2.45 bits per heavy atom. The molecule has 0 fully saturated rings. The molecular weight excluding hydrogens is 282 g/mol. The Kier molecular flexibility index (Phi) is 8.89. The van der Waals surface area contributed by atoms with Crippen molar-refractivity contribution in [1.29, 1.82) is 0 Å². The van der Waals surface area contributed by atoms with Gasteiger partial charge >= 0.3 is 0 Å². The lowest BCUT2D eigenvalue weighted by Crippen LogP contribution is -2.34. The summed E-state index contributed by atoms with van der Waals surface area (Å²) in [7, 11) is 4.95. The van der Waals surface area contributed by atoms with E-state index in [1.165, 1.54) is 0 Å². The highest BCUT2D eigenvalue weighted by atomic mass is 16.5. The Hall–Kier alpha value is -1.30. The average Bonchev–Trinajstić information content (AvgIpc) is 2.52. The van der Waals surface area contributed by atoms with E-state index in [0.717, 1.165) is 43.0 Å². The van der Waals surface area contributed by atoms with E-state index >= 15 is 0 Å². The molecule has 0 spiro atoms. The molecule has 5 nitrogen and oxygen atoms in total. The van der Waals surface area contributed by atoms with Gasteiger partial charge in [0.2, 0.25) is 0 Å². The lowest BCUT2D eigenvalue weighted by atomic mass is 10.1. The quantitative estimate of drug-likeness (QED) is 0.679. The minimum Gasteiger partial charge on any atom is -0.493 e. The molecule has 0 aliphatic heterocycles. The number of aliphatic hydroxyl groups is 1. The highest BCUT2D eigenvalue weighted by Crippen LogP contribution is 2.28. The molecule has 0 saturated heterocycles. The van der Waals surface area contributed by atoms with Crippen molar-refractivity contribution in [3.63, 3.8) is 0 Å². The van der Waals surface area contributed by atoms with Gasteiger partial charge < -0.3 is 19.3 Å². The Labute approximate surface area is 133 Å². The molecule has 0 radical (unpaired) electrons. The van der Waals surface area contributed by atoms with Gasteiger partial charge in [-0.1, -0.05) is 19.4 Å². The second-order valence-corrected chi connectivity index (χ2v) is 5.36. The van der Waals surface area contributed by atoms with E-state index in [1.807, 2.05) is 18.2 Å². The fourth-order valence-corrected chi connectivity index (χ4v) is 2.42. The van der Waals surface area contributed by atoms with Gasteiger partial charge in [0, 0.05) is 26.7 Å². The second-order valence-electron chi connectivity index (χ2n) is 5.36. The first-order chi connectivity index (χ1) is 10.6. The molecule has 1 aromatic rings. The Morgan fingerprint density at radius 2 is 1.86 bits per heavy atom. The zero-order valence-corrected chi connectivity index (χ0v) is 14.2. The summed E-state index contributed by atoms with van der Waals surface area (Å²) in [6.45, 7) is 4.89. The number of methoxy groups -OCH3 is 3. The maximum Gasteiger partial charge on any atom is 0.161 e. The number of hydrogen-bond acceptors (Lipinski definition) is 5. The molecule has 0 bridgehead atoms. The molecule has 0 aliphatic carbocycles. The fourth-order valence-electron chi connectivity index (χ4n) is 2.42. The van der Waals surface area contributed by atoms with Crippen molar-refractivity contribution in [3.05, 3.63) is 23.8 Å². The predicted molar refractivity (Wildman–Crippen MR) is 87.6 cm³/mol. The minimum absolute atomic E-state index is 0.304. The SMILES string of the molecule is CCC[C@H](O)CN(CCOC)Cc1ccc(OC)c(OC)c1. The van der Waals surface area contributed by atoms with Crippen molar-refractivity contribution < 1.29 is 19.3 Å². The van der Waals surface area contributed by atoms with Crippen LogP contribution in [0.25, 0.3) is 0 Å². The van der Waals surface area contributed by atoms with Crippen LogP contribution >= 0.6 is 0 Å². The van der Waals surface area contributed by atoms with Gasteiger partial charge in [-0.3, -0.25) is 4.90 Å². The molecule has 1 rings (SSSR count). The maximum atomic E-state index is 10.1. The smallest absolute Gasteiger partial charge is 0.161 e. The molecule has 0 saturated carbocycles. The van der Waals surface area contributed by atoms with E-state index in [-0.39, 0.29) is 6.10 Å². The highest BCUT2D eigenvalue weighted by Gasteiger charge is 2.13. The third-order valence-electron chi connectivity index (χ3n) is 3.56.